The number of ketones is 1. The summed E-state index contributed by atoms with van der Waals surface area (Å²) >= 11 is 23.8. The maximum absolute atomic E-state index is 12.4. The van der Waals surface area contributed by atoms with E-state index in [9.17, 15) is 4.79 Å². The average molecular weight is 350 g/mol. The van der Waals surface area contributed by atoms with Crippen LogP contribution in [0.25, 0.3) is 0 Å². The third-order valence-corrected chi connectivity index (χ3v) is 4.02. The molecule has 0 amide bonds. The Morgan fingerprint density at radius 2 is 1.60 bits per heavy atom. The van der Waals surface area contributed by atoms with Crippen molar-refractivity contribution >= 4 is 52.2 Å². The van der Waals surface area contributed by atoms with Crippen LogP contribution < -0.4 is 4.74 Å². The van der Waals surface area contributed by atoms with Crippen molar-refractivity contribution < 1.29 is 9.53 Å². The summed E-state index contributed by atoms with van der Waals surface area (Å²) in [6.07, 6.45) is 0. The van der Waals surface area contributed by atoms with Crippen LogP contribution in [0.4, 0.5) is 0 Å². The molecule has 2 rings (SSSR count). The van der Waals surface area contributed by atoms with Crippen molar-refractivity contribution in [1.29, 1.82) is 0 Å². The molecule has 20 heavy (non-hydrogen) atoms. The van der Waals surface area contributed by atoms with Gasteiger partial charge in [-0.15, -0.1) is 0 Å². The van der Waals surface area contributed by atoms with E-state index in [0.717, 1.165) is 0 Å². The summed E-state index contributed by atoms with van der Waals surface area (Å²) in [5.74, 6) is 0.112. The Balaban J connectivity index is 2.48. The lowest BCUT2D eigenvalue weighted by atomic mass is 10.0. The highest BCUT2D eigenvalue weighted by molar-refractivity contribution is 6.42. The fourth-order valence-electron chi connectivity index (χ4n) is 1.65. The second-order valence-corrected chi connectivity index (χ2v) is 5.55. The minimum atomic E-state index is -0.293. The van der Waals surface area contributed by atoms with Crippen LogP contribution in [-0.4, -0.2) is 12.9 Å². The molecule has 0 aromatic heterocycles. The summed E-state index contributed by atoms with van der Waals surface area (Å²) in [6.45, 7) is 0. The predicted octanol–water partition coefficient (Wildman–Crippen LogP) is 5.54. The normalized spacial score (nSPS) is 10.4. The van der Waals surface area contributed by atoms with Gasteiger partial charge < -0.3 is 4.74 Å². The molecule has 0 saturated carbocycles. The van der Waals surface area contributed by atoms with E-state index in [1.54, 1.807) is 12.1 Å². The van der Waals surface area contributed by atoms with Gasteiger partial charge >= 0.3 is 0 Å². The summed E-state index contributed by atoms with van der Waals surface area (Å²) in [7, 11) is 1.47. The quantitative estimate of drug-likeness (QED) is 0.680. The van der Waals surface area contributed by atoms with E-state index in [4.69, 9.17) is 51.1 Å². The predicted molar refractivity (Wildman–Crippen MR) is 82.9 cm³/mol. The largest absolute Gasteiger partial charge is 0.495 e. The first-order valence-corrected chi connectivity index (χ1v) is 6.98. The van der Waals surface area contributed by atoms with Crippen LogP contribution in [0.5, 0.6) is 5.75 Å². The molecule has 2 aromatic rings. The van der Waals surface area contributed by atoms with Gasteiger partial charge in [0.1, 0.15) is 5.75 Å². The number of halogens is 4. The van der Waals surface area contributed by atoms with Gasteiger partial charge in [-0.1, -0.05) is 46.4 Å². The SMILES string of the molecule is COc1cc(Cl)c(C(=O)c2ccc(Cl)c(Cl)c2)cc1Cl. The van der Waals surface area contributed by atoms with Gasteiger partial charge in [0.2, 0.25) is 0 Å². The first-order chi connectivity index (χ1) is 9.43. The number of hydrogen-bond acceptors (Lipinski definition) is 2. The van der Waals surface area contributed by atoms with Crippen LogP contribution in [-0.2, 0) is 0 Å². The van der Waals surface area contributed by atoms with E-state index < -0.39 is 0 Å². The van der Waals surface area contributed by atoms with Crippen molar-refractivity contribution in [3.05, 3.63) is 61.5 Å². The summed E-state index contributed by atoms with van der Waals surface area (Å²) in [5.41, 5.74) is 0.651. The zero-order valence-corrected chi connectivity index (χ0v) is 13.2. The van der Waals surface area contributed by atoms with Crippen LogP contribution in [0.3, 0.4) is 0 Å². The number of rotatable bonds is 3. The van der Waals surface area contributed by atoms with E-state index in [-0.39, 0.29) is 16.4 Å². The van der Waals surface area contributed by atoms with Crippen molar-refractivity contribution in [3.63, 3.8) is 0 Å². The minimum Gasteiger partial charge on any atom is -0.495 e. The molecule has 0 fully saturated rings. The van der Waals surface area contributed by atoms with Gasteiger partial charge in [-0.3, -0.25) is 4.79 Å². The zero-order chi connectivity index (χ0) is 14.9. The fourth-order valence-corrected chi connectivity index (χ4v) is 2.43. The van der Waals surface area contributed by atoms with Gasteiger partial charge in [0.25, 0.3) is 0 Å². The molecule has 0 unspecified atom stereocenters. The molecule has 0 saturated heterocycles. The number of carbonyl (C=O) groups excluding carboxylic acids is 1. The van der Waals surface area contributed by atoms with Gasteiger partial charge in [0.05, 0.1) is 27.2 Å². The van der Waals surface area contributed by atoms with E-state index >= 15 is 0 Å². The summed E-state index contributed by atoms with van der Waals surface area (Å²) in [4.78, 5) is 12.4. The summed E-state index contributed by atoms with van der Waals surface area (Å²) in [5, 5.41) is 1.23. The standard InChI is InChI=1S/C14H8Cl4O2/c1-20-13-6-10(16)8(5-12(13)18)14(19)7-2-3-9(15)11(17)4-7/h2-6H,1H3. The van der Waals surface area contributed by atoms with E-state index in [0.29, 0.717) is 26.4 Å². The fraction of sp³-hybridized carbons (Fsp3) is 0.0714. The van der Waals surface area contributed by atoms with Gasteiger partial charge in [-0.2, -0.15) is 0 Å². The average Bonchev–Trinajstić information content (AvgIpc) is 2.43. The first kappa shape index (κ1) is 15.5. The highest BCUT2D eigenvalue weighted by Gasteiger charge is 2.17. The Labute approximate surface area is 136 Å². The van der Waals surface area contributed by atoms with Crippen LogP contribution >= 0.6 is 46.4 Å². The van der Waals surface area contributed by atoms with Gasteiger partial charge in [-0.25, -0.2) is 0 Å². The molecule has 0 radical (unpaired) electrons. The number of ether oxygens (including phenoxy) is 1. The second kappa shape index (κ2) is 6.23. The lowest BCUT2D eigenvalue weighted by Crippen LogP contribution is -2.03. The Kier molecular flexibility index (Phi) is 4.82. The monoisotopic (exact) mass is 348 g/mol. The Hall–Kier alpha value is -0.930. The molecular formula is C14H8Cl4O2. The van der Waals surface area contributed by atoms with Crippen molar-refractivity contribution in [2.24, 2.45) is 0 Å². The molecule has 6 heteroatoms. The number of methoxy groups -OCH3 is 1. The molecule has 0 N–H and O–H groups in total. The third kappa shape index (κ3) is 3.04. The molecule has 0 spiro atoms. The maximum atomic E-state index is 12.4. The van der Waals surface area contributed by atoms with E-state index in [1.807, 2.05) is 0 Å². The van der Waals surface area contributed by atoms with Gasteiger partial charge in [0, 0.05) is 17.2 Å². The highest BCUT2D eigenvalue weighted by atomic mass is 35.5. The Bertz CT molecular complexity index is 683. The van der Waals surface area contributed by atoms with E-state index in [1.165, 1.54) is 25.3 Å². The topological polar surface area (TPSA) is 26.3 Å². The molecule has 0 aliphatic rings. The van der Waals surface area contributed by atoms with Crippen molar-refractivity contribution in [2.45, 2.75) is 0 Å². The Morgan fingerprint density at radius 3 is 2.20 bits per heavy atom. The molecule has 0 atom stereocenters. The molecular weight excluding hydrogens is 342 g/mol. The van der Waals surface area contributed by atoms with Crippen molar-refractivity contribution in [2.75, 3.05) is 7.11 Å². The van der Waals surface area contributed by atoms with Gasteiger partial charge in [-0.05, 0) is 24.3 Å². The molecule has 0 aliphatic heterocycles. The maximum Gasteiger partial charge on any atom is 0.194 e. The molecule has 0 heterocycles. The molecule has 0 aliphatic carbocycles. The molecule has 2 nitrogen and oxygen atoms in total. The minimum absolute atomic E-state index is 0.252. The van der Waals surface area contributed by atoms with Crippen LogP contribution in [0, 0.1) is 0 Å². The molecule has 2 aromatic carbocycles. The molecule has 104 valence electrons. The van der Waals surface area contributed by atoms with Crippen LogP contribution in [0.15, 0.2) is 30.3 Å². The lowest BCUT2D eigenvalue weighted by Gasteiger charge is -2.09. The van der Waals surface area contributed by atoms with Gasteiger partial charge in [0.15, 0.2) is 5.78 Å². The number of carbonyl (C=O) groups is 1. The summed E-state index contributed by atoms with van der Waals surface area (Å²) in [6, 6.07) is 7.57. The third-order valence-electron chi connectivity index (χ3n) is 2.67. The van der Waals surface area contributed by atoms with Crippen molar-refractivity contribution in [1.82, 2.24) is 0 Å². The Morgan fingerprint density at radius 1 is 0.900 bits per heavy atom. The van der Waals surface area contributed by atoms with E-state index in [2.05, 4.69) is 0 Å². The van der Waals surface area contributed by atoms with Crippen LogP contribution in [0.2, 0.25) is 20.1 Å². The summed E-state index contributed by atoms with van der Waals surface area (Å²) < 4.78 is 5.03. The number of hydrogen-bond donors (Lipinski definition) is 0. The first-order valence-electron chi connectivity index (χ1n) is 5.47. The highest BCUT2D eigenvalue weighted by Crippen LogP contribution is 2.33. The lowest BCUT2D eigenvalue weighted by molar-refractivity contribution is 0.103. The van der Waals surface area contributed by atoms with Crippen LogP contribution in [0.1, 0.15) is 15.9 Å². The number of benzene rings is 2. The zero-order valence-electron chi connectivity index (χ0n) is 10.2. The second-order valence-electron chi connectivity index (χ2n) is 3.92. The smallest absolute Gasteiger partial charge is 0.194 e. The molecule has 0 bridgehead atoms. The van der Waals surface area contributed by atoms with Crippen molar-refractivity contribution in [3.8, 4) is 5.75 Å².